The molecule has 6 heteroatoms. The van der Waals surface area contributed by atoms with E-state index >= 15 is 0 Å². The molecule has 2 amide bonds. The predicted molar refractivity (Wildman–Crippen MR) is 112 cm³/mol. The molecule has 28 heavy (non-hydrogen) atoms. The predicted octanol–water partition coefficient (Wildman–Crippen LogP) is 3.48. The van der Waals surface area contributed by atoms with Crippen LogP contribution in [-0.2, 0) is 13.1 Å². The van der Waals surface area contributed by atoms with Gasteiger partial charge in [-0.2, -0.15) is 5.10 Å². The SMILES string of the molecule is CCn1nc(CNC(=O)N2CCCN(c3ccccc3)CC2)c2ccccc21. The number of para-hydroxylation sites is 2. The van der Waals surface area contributed by atoms with Crippen molar-refractivity contribution in [3.8, 4) is 0 Å². The molecule has 1 fully saturated rings. The van der Waals surface area contributed by atoms with Gasteiger partial charge in [0.25, 0.3) is 0 Å². The van der Waals surface area contributed by atoms with Crippen LogP contribution in [0.15, 0.2) is 54.6 Å². The number of amides is 2. The van der Waals surface area contributed by atoms with Crippen molar-refractivity contribution in [1.29, 1.82) is 0 Å². The Balaban J connectivity index is 1.38. The maximum absolute atomic E-state index is 12.7. The van der Waals surface area contributed by atoms with Crippen LogP contribution < -0.4 is 10.2 Å². The number of carbonyl (C=O) groups excluding carboxylic acids is 1. The maximum atomic E-state index is 12.7. The van der Waals surface area contributed by atoms with E-state index in [9.17, 15) is 4.79 Å². The fraction of sp³-hybridized carbons (Fsp3) is 0.364. The summed E-state index contributed by atoms with van der Waals surface area (Å²) in [5, 5.41) is 8.85. The number of rotatable bonds is 4. The number of hydrogen-bond donors (Lipinski definition) is 1. The summed E-state index contributed by atoms with van der Waals surface area (Å²) < 4.78 is 1.99. The molecule has 2 heterocycles. The minimum atomic E-state index is -0.00922. The van der Waals surface area contributed by atoms with Crippen LogP contribution >= 0.6 is 0 Å². The summed E-state index contributed by atoms with van der Waals surface area (Å²) in [5.74, 6) is 0. The smallest absolute Gasteiger partial charge is 0.317 e. The lowest BCUT2D eigenvalue weighted by Crippen LogP contribution is -2.41. The average Bonchev–Trinajstić information content (AvgIpc) is 2.92. The Labute approximate surface area is 165 Å². The second kappa shape index (κ2) is 8.33. The molecule has 1 aliphatic heterocycles. The van der Waals surface area contributed by atoms with Crippen molar-refractivity contribution < 1.29 is 4.79 Å². The summed E-state index contributed by atoms with van der Waals surface area (Å²) in [4.78, 5) is 17.0. The standard InChI is InChI=1S/C22H27N5O/c1-2-27-21-12-7-6-11-19(21)20(24-27)17-23-22(28)26-14-8-13-25(15-16-26)18-9-4-3-5-10-18/h3-7,9-12H,2,8,13-17H2,1H3,(H,23,28). The number of fused-ring (bicyclic) bond motifs is 1. The van der Waals surface area contributed by atoms with Gasteiger partial charge in [-0.3, -0.25) is 4.68 Å². The molecule has 1 N–H and O–H groups in total. The molecule has 2 aromatic carbocycles. The van der Waals surface area contributed by atoms with E-state index in [2.05, 4.69) is 58.6 Å². The molecule has 0 aliphatic carbocycles. The number of benzene rings is 2. The van der Waals surface area contributed by atoms with Gasteiger partial charge in [-0.25, -0.2) is 4.79 Å². The molecule has 4 rings (SSSR count). The molecule has 6 nitrogen and oxygen atoms in total. The first kappa shape index (κ1) is 18.3. The molecule has 0 bridgehead atoms. The molecule has 0 spiro atoms. The molecule has 1 aromatic heterocycles. The highest BCUT2D eigenvalue weighted by Crippen LogP contribution is 2.19. The molecule has 3 aromatic rings. The zero-order valence-electron chi connectivity index (χ0n) is 16.3. The number of nitrogens with one attached hydrogen (secondary N) is 1. The number of hydrogen-bond acceptors (Lipinski definition) is 3. The molecule has 0 unspecified atom stereocenters. The zero-order valence-corrected chi connectivity index (χ0v) is 16.3. The zero-order chi connectivity index (χ0) is 19.3. The third-order valence-corrected chi connectivity index (χ3v) is 5.35. The highest BCUT2D eigenvalue weighted by Gasteiger charge is 2.20. The summed E-state index contributed by atoms with van der Waals surface area (Å²) >= 11 is 0. The third kappa shape index (κ3) is 3.81. The van der Waals surface area contributed by atoms with Gasteiger partial charge in [0.1, 0.15) is 0 Å². The van der Waals surface area contributed by atoms with Crippen LogP contribution in [0.3, 0.4) is 0 Å². The van der Waals surface area contributed by atoms with E-state index in [1.807, 2.05) is 27.8 Å². The molecule has 0 atom stereocenters. The van der Waals surface area contributed by atoms with E-state index < -0.39 is 0 Å². The number of nitrogens with zero attached hydrogens (tertiary/aromatic N) is 4. The van der Waals surface area contributed by atoms with E-state index in [1.54, 1.807) is 0 Å². The second-order valence-corrected chi connectivity index (χ2v) is 7.10. The number of carbonyl (C=O) groups is 1. The lowest BCUT2D eigenvalue weighted by molar-refractivity contribution is 0.201. The van der Waals surface area contributed by atoms with Crippen LogP contribution in [0.2, 0.25) is 0 Å². The fourth-order valence-electron chi connectivity index (χ4n) is 3.86. The van der Waals surface area contributed by atoms with Crippen LogP contribution in [0.1, 0.15) is 19.0 Å². The summed E-state index contributed by atoms with van der Waals surface area (Å²) in [6.45, 7) is 6.67. The highest BCUT2D eigenvalue weighted by atomic mass is 16.2. The van der Waals surface area contributed by atoms with Gasteiger partial charge >= 0.3 is 6.03 Å². The third-order valence-electron chi connectivity index (χ3n) is 5.35. The van der Waals surface area contributed by atoms with Crippen molar-refractivity contribution in [2.45, 2.75) is 26.4 Å². The van der Waals surface area contributed by atoms with E-state index in [-0.39, 0.29) is 6.03 Å². The normalized spacial score (nSPS) is 14.9. The Morgan fingerprint density at radius 2 is 1.79 bits per heavy atom. The second-order valence-electron chi connectivity index (χ2n) is 7.10. The van der Waals surface area contributed by atoms with Gasteiger partial charge in [-0.1, -0.05) is 36.4 Å². The molecular weight excluding hydrogens is 350 g/mol. The summed E-state index contributed by atoms with van der Waals surface area (Å²) in [6.07, 6.45) is 0.968. The van der Waals surface area contributed by atoms with Crippen LogP contribution in [0, 0.1) is 0 Å². The molecular formula is C22H27N5O. The fourth-order valence-corrected chi connectivity index (χ4v) is 3.86. The van der Waals surface area contributed by atoms with Crippen molar-refractivity contribution in [2.24, 2.45) is 0 Å². The van der Waals surface area contributed by atoms with Crippen LogP contribution in [0.5, 0.6) is 0 Å². The molecule has 1 saturated heterocycles. The summed E-state index contributed by atoms with van der Waals surface area (Å²) in [6, 6.07) is 18.6. The molecule has 0 radical (unpaired) electrons. The lowest BCUT2D eigenvalue weighted by Gasteiger charge is -2.23. The molecule has 146 valence electrons. The van der Waals surface area contributed by atoms with E-state index in [0.717, 1.165) is 55.7 Å². The average molecular weight is 377 g/mol. The quantitative estimate of drug-likeness (QED) is 0.757. The van der Waals surface area contributed by atoms with E-state index in [1.165, 1.54) is 5.69 Å². The van der Waals surface area contributed by atoms with Gasteiger partial charge in [-0.05, 0) is 31.5 Å². The minimum absolute atomic E-state index is 0.00922. The maximum Gasteiger partial charge on any atom is 0.317 e. The van der Waals surface area contributed by atoms with Crippen LogP contribution in [-0.4, -0.2) is 46.9 Å². The van der Waals surface area contributed by atoms with Gasteiger partial charge < -0.3 is 15.1 Å². The van der Waals surface area contributed by atoms with Crippen LogP contribution in [0.4, 0.5) is 10.5 Å². The van der Waals surface area contributed by atoms with Crippen molar-refractivity contribution in [2.75, 3.05) is 31.1 Å². The Hall–Kier alpha value is -3.02. The summed E-state index contributed by atoms with van der Waals surface area (Å²) in [7, 11) is 0. The monoisotopic (exact) mass is 377 g/mol. The van der Waals surface area contributed by atoms with Gasteiger partial charge in [-0.15, -0.1) is 0 Å². The van der Waals surface area contributed by atoms with Gasteiger partial charge in [0, 0.05) is 43.8 Å². The Morgan fingerprint density at radius 1 is 1.00 bits per heavy atom. The topological polar surface area (TPSA) is 53.4 Å². The first-order valence-electron chi connectivity index (χ1n) is 10.0. The molecule has 1 aliphatic rings. The van der Waals surface area contributed by atoms with Gasteiger partial charge in [0.05, 0.1) is 17.8 Å². The van der Waals surface area contributed by atoms with Crippen LogP contribution in [0.25, 0.3) is 10.9 Å². The number of aryl methyl sites for hydroxylation is 1. The van der Waals surface area contributed by atoms with Crippen molar-refractivity contribution in [1.82, 2.24) is 20.0 Å². The molecule has 0 saturated carbocycles. The Morgan fingerprint density at radius 3 is 2.61 bits per heavy atom. The van der Waals surface area contributed by atoms with Crippen molar-refractivity contribution >= 4 is 22.6 Å². The lowest BCUT2D eigenvalue weighted by atomic mass is 10.2. The van der Waals surface area contributed by atoms with E-state index in [0.29, 0.717) is 6.54 Å². The number of aromatic nitrogens is 2. The minimum Gasteiger partial charge on any atom is -0.370 e. The Bertz CT molecular complexity index is 937. The highest BCUT2D eigenvalue weighted by molar-refractivity contribution is 5.82. The van der Waals surface area contributed by atoms with Gasteiger partial charge in [0.2, 0.25) is 0 Å². The Kier molecular flexibility index (Phi) is 5.46. The van der Waals surface area contributed by atoms with Crippen molar-refractivity contribution in [3.63, 3.8) is 0 Å². The first-order chi connectivity index (χ1) is 13.8. The summed E-state index contributed by atoms with van der Waals surface area (Å²) in [5.41, 5.74) is 3.26. The number of anilines is 1. The van der Waals surface area contributed by atoms with Crippen molar-refractivity contribution in [3.05, 3.63) is 60.3 Å². The first-order valence-corrected chi connectivity index (χ1v) is 10.0. The van der Waals surface area contributed by atoms with Gasteiger partial charge in [0.15, 0.2) is 0 Å². The largest absolute Gasteiger partial charge is 0.370 e. The van der Waals surface area contributed by atoms with E-state index in [4.69, 9.17) is 0 Å². The number of urea groups is 1.